The number of esters is 2. The highest BCUT2D eigenvalue weighted by Crippen LogP contribution is 2.49. The molecule has 0 aromatic carbocycles. The Morgan fingerprint density at radius 1 is 1.04 bits per heavy atom. The van der Waals surface area contributed by atoms with E-state index in [0.717, 1.165) is 44.4 Å². The van der Waals surface area contributed by atoms with E-state index in [9.17, 15) is 9.59 Å². The molecule has 156 valence electrons. The minimum Gasteiger partial charge on any atom is -0.456 e. The maximum absolute atomic E-state index is 12.5. The van der Waals surface area contributed by atoms with Gasteiger partial charge in [-0.15, -0.1) is 0 Å². The molecular weight excluding hydrogens is 455 g/mol. The molecule has 0 bridgehead atoms. The van der Waals surface area contributed by atoms with E-state index >= 15 is 0 Å². The lowest BCUT2D eigenvalue weighted by atomic mass is 9.66. The summed E-state index contributed by atoms with van der Waals surface area (Å²) in [4.78, 5) is 24.6. The van der Waals surface area contributed by atoms with Crippen LogP contribution in [0.25, 0.3) is 0 Å². The van der Waals surface area contributed by atoms with Crippen LogP contribution in [0, 0.1) is 17.3 Å². The van der Waals surface area contributed by atoms with E-state index in [1.54, 1.807) is 0 Å². The molecule has 1 unspecified atom stereocenters. The molecule has 0 aromatic heterocycles. The molecule has 0 radical (unpaired) electrons. The highest BCUT2D eigenvalue weighted by molar-refractivity contribution is 14.1. The summed E-state index contributed by atoms with van der Waals surface area (Å²) >= 11 is 2.08. The Bertz CT molecular complexity index is 521. The van der Waals surface area contributed by atoms with Crippen molar-refractivity contribution in [3.63, 3.8) is 0 Å². The Labute approximate surface area is 178 Å². The number of alkyl halides is 1. The van der Waals surface area contributed by atoms with Crippen LogP contribution in [0.4, 0.5) is 0 Å². The quantitative estimate of drug-likeness (QED) is 0.266. The number of hydrogen-bond acceptors (Lipinski definition) is 4. The number of carbonyl (C=O) groups is 2. The third-order valence-electron chi connectivity index (χ3n) is 6.87. The highest BCUT2D eigenvalue weighted by atomic mass is 127. The van der Waals surface area contributed by atoms with Crippen molar-refractivity contribution >= 4 is 34.5 Å². The van der Waals surface area contributed by atoms with Crippen LogP contribution in [0.5, 0.6) is 0 Å². The van der Waals surface area contributed by atoms with Crippen LogP contribution in [0.1, 0.15) is 92.4 Å². The van der Waals surface area contributed by atoms with Gasteiger partial charge in [-0.3, -0.25) is 4.79 Å². The van der Waals surface area contributed by atoms with Gasteiger partial charge in [-0.2, -0.15) is 0 Å². The summed E-state index contributed by atoms with van der Waals surface area (Å²) in [5, 5.41) is 0. The zero-order valence-electron chi connectivity index (χ0n) is 17.7. The number of hydrogen-bond donors (Lipinski definition) is 0. The molecule has 4 nitrogen and oxygen atoms in total. The molecule has 0 aliphatic heterocycles. The second-order valence-electron chi connectivity index (χ2n) is 9.79. The molecule has 2 rings (SSSR count). The van der Waals surface area contributed by atoms with Crippen LogP contribution in [-0.4, -0.2) is 27.6 Å². The van der Waals surface area contributed by atoms with Gasteiger partial charge in [0, 0.05) is 0 Å². The number of carbonyl (C=O) groups excluding carboxylic acids is 2. The Morgan fingerprint density at radius 3 is 2.07 bits per heavy atom. The molecule has 0 amide bonds. The molecule has 5 heteroatoms. The largest absolute Gasteiger partial charge is 0.456 e. The van der Waals surface area contributed by atoms with Crippen molar-refractivity contribution in [1.29, 1.82) is 0 Å². The molecule has 1 atom stereocenters. The molecule has 0 saturated heterocycles. The first-order valence-corrected chi connectivity index (χ1v) is 11.7. The Morgan fingerprint density at radius 2 is 1.59 bits per heavy atom. The van der Waals surface area contributed by atoms with Crippen molar-refractivity contribution in [1.82, 2.24) is 0 Å². The molecular formula is C22H37IO4. The summed E-state index contributed by atoms with van der Waals surface area (Å²) in [6.45, 7) is 10.5. The normalized spacial score (nSPS) is 27.6. The zero-order valence-corrected chi connectivity index (χ0v) is 19.9. The van der Waals surface area contributed by atoms with Crippen LogP contribution in [0.2, 0.25) is 0 Å². The van der Waals surface area contributed by atoms with Gasteiger partial charge in [0.25, 0.3) is 0 Å². The first kappa shape index (κ1) is 23.0. The molecule has 0 N–H and O–H groups in total. The van der Waals surface area contributed by atoms with Crippen molar-refractivity contribution in [2.45, 2.75) is 101 Å². The van der Waals surface area contributed by atoms with Gasteiger partial charge < -0.3 is 9.47 Å². The topological polar surface area (TPSA) is 52.6 Å². The Kier molecular flexibility index (Phi) is 7.65. The van der Waals surface area contributed by atoms with Gasteiger partial charge in [-0.25, -0.2) is 4.79 Å². The first-order valence-electron chi connectivity index (χ1n) is 10.6. The predicted molar refractivity (Wildman–Crippen MR) is 116 cm³/mol. The molecule has 2 fully saturated rings. The SMILES string of the molecule is CCC(C)(I)C(=O)OCC(=O)OC1(C2CCC(C(C)(C)C)CC2)CCCC1. The van der Waals surface area contributed by atoms with E-state index in [4.69, 9.17) is 9.47 Å². The van der Waals surface area contributed by atoms with Gasteiger partial charge in [0.2, 0.25) is 0 Å². The summed E-state index contributed by atoms with van der Waals surface area (Å²) in [5.41, 5.74) is 0.0226. The predicted octanol–water partition coefficient (Wildman–Crippen LogP) is 5.84. The third kappa shape index (κ3) is 5.83. The number of halogens is 1. The molecule has 27 heavy (non-hydrogen) atoms. The van der Waals surface area contributed by atoms with Gasteiger partial charge in [0.1, 0.15) is 9.02 Å². The smallest absolute Gasteiger partial charge is 0.344 e. The average Bonchev–Trinajstić information content (AvgIpc) is 3.08. The Balaban J connectivity index is 1.93. The minimum atomic E-state index is -0.589. The summed E-state index contributed by atoms with van der Waals surface area (Å²) in [5.74, 6) is 0.475. The molecule has 0 heterocycles. The van der Waals surface area contributed by atoms with E-state index < -0.39 is 3.42 Å². The van der Waals surface area contributed by atoms with Crippen molar-refractivity contribution in [3.05, 3.63) is 0 Å². The summed E-state index contributed by atoms with van der Waals surface area (Å²) in [6.07, 6.45) is 9.52. The van der Waals surface area contributed by atoms with Crippen molar-refractivity contribution in [3.8, 4) is 0 Å². The van der Waals surface area contributed by atoms with E-state index in [1.807, 2.05) is 13.8 Å². The lowest BCUT2D eigenvalue weighted by molar-refractivity contribution is -0.177. The number of rotatable bonds is 6. The van der Waals surface area contributed by atoms with E-state index in [0.29, 0.717) is 17.8 Å². The summed E-state index contributed by atoms with van der Waals surface area (Å²) < 4.78 is 10.7. The molecule has 2 aliphatic carbocycles. The summed E-state index contributed by atoms with van der Waals surface area (Å²) in [7, 11) is 0. The van der Waals surface area contributed by atoms with Gasteiger partial charge >= 0.3 is 11.9 Å². The van der Waals surface area contributed by atoms with Crippen molar-refractivity contribution in [2.24, 2.45) is 17.3 Å². The fourth-order valence-corrected chi connectivity index (χ4v) is 4.88. The van der Waals surface area contributed by atoms with Crippen LogP contribution in [0.15, 0.2) is 0 Å². The van der Waals surface area contributed by atoms with Crippen LogP contribution in [0.3, 0.4) is 0 Å². The van der Waals surface area contributed by atoms with Gasteiger partial charge in [0.15, 0.2) is 6.61 Å². The Hall–Kier alpha value is -0.330. The monoisotopic (exact) mass is 492 g/mol. The van der Waals surface area contributed by atoms with Crippen molar-refractivity contribution in [2.75, 3.05) is 6.61 Å². The standard InChI is InChI=1S/C22H37IO4/c1-6-21(5,23)19(25)26-15-18(24)27-22(13-7-8-14-22)17-11-9-16(10-12-17)20(2,3)4/h16-17H,6-15H2,1-5H3. The van der Waals surface area contributed by atoms with Crippen LogP contribution in [-0.2, 0) is 19.1 Å². The molecule has 0 spiro atoms. The van der Waals surface area contributed by atoms with Gasteiger partial charge in [0.05, 0.1) is 0 Å². The summed E-state index contributed by atoms with van der Waals surface area (Å²) in [6, 6.07) is 0. The maximum atomic E-state index is 12.5. The molecule has 2 aliphatic rings. The minimum absolute atomic E-state index is 0.267. The second-order valence-corrected chi connectivity index (χ2v) is 12.2. The van der Waals surface area contributed by atoms with Crippen LogP contribution < -0.4 is 0 Å². The highest BCUT2D eigenvalue weighted by Gasteiger charge is 2.47. The maximum Gasteiger partial charge on any atom is 0.344 e. The third-order valence-corrected chi connectivity index (χ3v) is 8.08. The van der Waals surface area contributed by atoms with E-state index in [2.05, 4.69) is 43.4 Å². The second kappa shape index (κ2) is 9.00. The fourth-order valence-electron chi connectivity index (χ4n) is 4.73. The van der Waals surface area contributed by atoms with Crippen molar-refractivity contribution < 1.29 is 19.1 Å². The lowest BCUT2D eigenvalue weighted by Crippen LogP contribution is -2.44. The molecule has 0 aromatic rings. The van der Waals surface area contributed by atoms with E-state index in [1.165, 1.54) is 12.8 Å². The number of ether oxygens (including phenoxy) is 2. The fraction of sp³-hybridized carbons (Fsp3) is 0.909. The lowest BCUT2D eigenvalue weighted by Gasteiger charge is -2.44. The van der Waals surface area contributed by atoms with Gasteiger partial charge in [-0.05, 0) is 82.0 Å². The zero-order chi connectivity index (χ0) is 20.3. The molecule has 2 saturated carbocycles. The van der Waals surface area contributed by atoms with E-state index in [-0.39, 0.29) is 24.1 Å². The van der Waals surface area contributed by atoms with Crippen LogP contribution >= 0.6 is 22.6 Å². The van der Waals surface area contributed by atoms with Gasteiger partial charge in [-0.1, -0.05) is 50.3 Å². The average molecular weight is 492 g/mol. The first-order chi connectivity index (χ1) is 12.5.